The van der Waals surface area contributed by atoms with E-state index in [0.29, 0.717) is 11.8 Å². The van der Waals surface area contributed by atoms with Crippen molar-refractivity contribution in [2.75, 3.05) is 26.2 Å². The van der Waals surface area contributed by atoms with Crippen LogP contribution < -0.4 is 11.1 Å². The highest BCUT2D eigenvalue weighted by atomic mass is 16.2. The molecule has 0 bridgehead atoms. The molecule has 1 unspecified atom stereocenters. The standard InChI is InChI=1S/C13H25N3O2/c1-10(2)6-11-4-3-5-16(9-11)13(18)8-15-12(17)7-14/h10-11H,3-9,14H2,1-2H3,(H,15,17). The Hall–Kier alpha value is -1.10. The quantitative estimate of drug-likeness (QED) is 0.744. The summed E-state index contributed by atoms with van der Waals surface area (Å²) in [6.07, 6.45) is 3.43. The molecular formula is C13H25N3O2. The van der Waals surface area contributed by atoms with E-state index in [2.05, 4.69) is 19.2 Å². The number of rotatable bonds is 5. The van der Waals surface area contributed by atoms with Crippen molar-refractivity contribution in [2.45, 2.75) is 33.1 Å². The maximum absolute atomic E-state index is 11.9. The molecule has 5 heteroatoms. The largest absolute Gasteiger partial charge is 0.346 e. The molecule has 1 saturated heterocycles. The fraction of sp³-hybridized carbons (Fsp3) is 0.846. The van der Waals surface area contributed by atoms with Crippen molar-refractivity contribution in [3.63, 3.8) is 0 Å². The summed E-state index contributed by atoms with van der Waals surface area (Å²) in [5.41, 5.74) is 5.18. The lowest BCUT2D eigenvalue weighted by Gasteiger charge is -2.33. The topological polar surface area (TPSA) is 75.4 Å². The van der Waals surface area contributed by atoms with Crippen molar-refractivity contribution < 1.29 is 9.59 Å². The Bertz CT molecular complexity index is 292. The summed E-state index contributed by atoms with van der Waals surface area (Å²) < 4.78 is 0. The summed E-state index contributed by atoms with van der Waals surface area (Å²) in [4.78, 5) is 24.8. The van der Waals surface area contributed by atoms with Crippen LogP contribution in [-0.2, 0) is 9.59 Å². The van der Waals surface area contributed by atoms with Crippen molar-refractivity contribution in [1.29, 1.82) is 0 Å². The zero-order valence-electron chi connectivity index (χ0n) is 11.4. The van der Waals surface area contributed by atoms with Crippen LogP contribution in [0.15, 0.2) is 0 Å². The third kappa shape index (κ3) is 5.04. The van der Waals surface area contributed by atoms with Gasteiger partial charge in [-0.2, -0.15) is 0 Å². The average Bonchev–Trinajstić information content (AvgIpc) is 2.35. The second-order valence-corrected chi connectivity index (χ2v) is 5.46. The maximum Gasteiger partial charge on any atom is 0.241 e. The van der Waals surface area contributed by atoms with Gasteiger partial charge in [0.25, 0.3) is 0 Å². The van der Waals surface area contributed by atoms with Gasteiger partial charge in [-0.1, -0.05) is 13.8 Å². The Morgan fingerprint density at radius 3 is 2.78 bits per heavy atom. The molecule has 2 amide bonds. The molecule has 1 atom stereocenters. The van der Waals surface area contributed by atoms with Gasteiger partial charge in [-0.05, 0) is 31.1 Å². The van der Waals surface area contributed by atoms with Crippen LogP contribution in [0.3, 0.4) is 0 Å². The molecule has 5 nitrogen and oxygen atoms in total. The fourth-order valence-corrected chi connectivity index (χ4v) is 2.51. The van der Waals surface area contributed by atoms with Crippen LogP contribution in [0.25, 0.3) is 0 Å². The highest BCUT2D eigenvalue weighted by molar-refractivity contribution is 5.85. The number of amides is 2. The highest BCUT2D eigenvalue weighted by Gasteiger charge is 2.23. The van der Waals surface area contributed by atoms with E-state index in [-0.39, 0.29) is 24.9 Å². The minimum Gasteiger partial charge on any atom is -0.346 e. The van der Waals surface area contributed by atoms with E-state index in [1.165, 1.54) is 12.8 Å². The Kier molecular flexibility index (Phi) is 6.12. The maximum atomic E-state index is 11.9. The summed E-state index contributed by atoms with van der Waals surface area (Å²) in [6, 6.07) is 0. The van der Waals surface area contributed by atoms with Gasteiger partial charge >= 0.3 is 0 Å². The number of nitrogens with two attached hydrogens (primary N) is 1. The molecular weight excluding hydrogens is 230 g/mol. The van der Waals surface area contributed by atoms with Gasteiger partial charge in [-0.15, -0.1) is 0 Å². The van der Waals surface area contributed by atoms with Crippen LogP contribution in [0, 0.1) is 11.8 Å². The first-order valence-corrected chi connectivity index (χ1v) is 6.77. The molecule has 0 saturated carbocycles. The molecule has 1 fully saturated rings. The number of hydrogen-bond acceptors (Lipinski definition) is 3. The van der Waals surface area contributed by atoms with E-state index in [9.17, 15) is 9.59 Å². The van der Waals surface area contributed by atoms with Crippen LogP contribution in [-0.4, -0.2) is 42.9 Å². The van der Waals surface area contributed by atoms with E-state index in [4.69, 9.17) is 5.73 Å². The number of carbonyl (C=O) groups excluding carboxylic acids is 2. The van der Waals surface area contributed by atoms with Gasteiger partial charge in [-0.25, -0.2) is 0 Å². The molecule has 0 aromatic rings. The number of piperidine rings is 1. The minimum atomic E-state index is -0.279. The van der Waals surface area contributed by atoms with Crippen LogP contribution >= 0.6 is 0 Å². The molecule has 104 valence electrons. The summed E-state index contributed by atoms with van der Waals surface area (Å²) in [5.74, 6) is 0.999. The van der Waals surface area contributed by atoms with Gasteiger partial charge in [0.05, 0.1) is 13.1 Å². The van der Waals surface area contributed by atoms with Crippen LogP contribution in [0.2, 0.25) is 0 Å². The molecule has 0 aromatic carbocycles. The van der Waals surface area contributed by atoms with E-state index < -0.39 is 0 Å². The first-order chi connectivity index (χ1) is 8.52. The molecule has 18 heavy (non-hydrogen) atoms. The van der Waals surface area contributed by atoms with Crippen molar-refractivity contribution >= 4 is 11.8 Å². The second kappa shape index (κ2) is 7.36. The van der Waals surface area contributed by atoms with E-state index in [0.717, 1.165) is 19.5 Å². The van der Waals surface area contributed by atoms with Crippen LogP contribution in [0.4, 0.5) is 0 Å². The Labute approximate surface area is 109 Å². The third-order valence-corrected chi connectivity index (χ3v) is 3.30. The lowest BCUT2D eigenvalue weighted by molar-refractivity contribution is -0.134. The van der Waals surface area contributed by atoms with Gasteiger partial charge in [0.15, 0.2) is 0 Å². The van der Waals surface area contributed by atoms with Crippen molar-refractivity contribution in [3.05, 3.63) is 0 Å². The SMILES string of the molecule is CC(C)CC1CCCN(C(=O)CNC(=O)CN)C1. The average molecular weight is 255 g/mol. The van der Waals surface area contributed by atoms with Gasteiger partial charge < -0.3 is 16.0 Å². The van der Waals surface area contributed by atoms with Crippen LogP contribution in [0.5, 0.6) is 0 Å². The molecule has 1 rings (SSSR count). The van der Waals surface area contributed by atoms with Crippen molar-refractivity contribution in [3.8, 4) is 0 Å². The normalized spacial score (nSPS) is 20.0. The first-order valence-electron chi connectivity index (χ1n) is 6.77. The van der Waals surface area contributed by atoms with Gasteiger partial charge in [-0.3, -0.25) is 9.59 Å². The first kappa shape index (κ1) is 15.0. The summed E-state index contributed by atoms with van der Waals surface area (Å²) in [5, 5.41) is 2.53. The smallest absolute Gasteiger partial charge is 0.241 e. The monoisotopic (exact) mass is 255 g/mol. The molecule has 0 aromatic heterocycles. The van der Waals surface area contributed by atoms with Crippen molar-refractivity contribution in [2.24, 2.45) is 17.6 Å². The zero-order valence-corrected chi connectivity index (χ0v) is 11.4. The molecule has 1 heterocycles. The highest BCUT2D eigenvalue weighted by Crippen LogP contribution is 2.22. The minimum absolute atomic E-state index is 0.00487. The number of likely N-dealkylation sites (tertiary alicyclic amines) is 1. The predicted molar refractivity (Wildman–Crippen MR) is 70.8 cm³/mol. The molecule has 1 aliphatic rings. The molecule has 0 aliphatic carbocycles. The predicted octanol–water partition coefficient (Wildman–Crippen LogP) is 0.346. The Morgan fingerprint density at radius 1 is 1.44 bits per heavy atom. The molecule has 0 radical (unpaired) electrons. The molecule has 3 N–H and O–H groups in total. The van der Waals surface area contributed by atoms with E-state index >= 15 is 0 Å². The van der Waals surface area contributed by atoms with E-state index in [1.54, 1.807) is 0 Å². The van der Waals surface area contributed by atoms with E-state index in [1.807, 2.05) is 4.90 Å². The number of nitrogens with one attached hydrogen (secondary N) is 1. The molecule has 1 aliphatic heterocycles. The van der Waals surface area contributed by atoms with Crippen molar-refractivity contribution in [1.82, 2.24) is 10.2 Å². The van der Waals surface area contributed by atoms with Gasteiger partial charge in [0.2, 0.25) is 11.8 Å². The number of nitrogens with zero attached hydrogens (tertiary/aromatic N) is 1. The molecule has 0 spiro atoms. The fourth-order valence-electron chi connectivity index (χ4n) is 2.51. The summed E-state index contributed by atoms with van der Waals surface area (Å²) >= 11 is 0. The Balaban J connectivity index is 2.36. The second-order valence-electron chi connectivity index (χ2n) is 5.46. The Morgan fingerprint density at radius 2 is 2.17 bits per heavy atom. The summed E-state index contributed by atoms with van der Waals surface area (Å²) in [6.45, 7) is 6.07. The van der Waals surface area contributed by atoms with Gasteiger partial charge in [0, 0.05) is 13.1 Å². The number of hydrogen-bond donors (Lipinski definition) is 2. The van der Waals surface area contributed by atoms with Crippen LogP contribution in [0.1, 0.15) is 33.1 Å². The summed E-state index contributed by atoms with van der Waals surface area (Å²) in [7, 11) is 0. The third-order valence-electron chi connectivity index (χ3n) is 3.30. The lowest BCUT2D eigenvalue weighted by Crippen LogP contribution is -2.46. The van der Waals surface area contributed by atoms with Gasteiger partial charge in [0.1, 0.15) is 0 Å². The number of carbonyl (C=O) groups is 2. The lowest BCUT2D eigenvalue weighted by atomic mass is 9.90. The zero-order chi connectivity index (χ0) is 13.5.